The summed E-state index contributed by atoms with van der Waals surface area (Å²) in [6.45, 7) is 7.26. The number of carbonyl (C=O) groups excluding carboxylic acids is 1. The van der Waals surface area contributed by atoms with Crippen molar-refractivity contribution in [2.45, 2.75) is 64.9 Å². The van der Waals surface area contributed by atoms with E-state index in [-0.39, 0.29) is 23.6 Å². The molecule has 3 N–H and O–H groups in total. The zero-order valence-corrected chi connectivity index (χ0v) is 25.1. The van der Waals surface area contributed by atoms with Crippen LogP contribution < -0.4 is 10.4 Å². The number of rotatable bonds is 12. The lowest BCUT2D eigenvalue weighted by Crippen LogP contribution is -2.41. The van der Waals surface area contributed by atoms with Gasteiger partial charge in [-0.2, -0.15) is 9.97 Å². The van der Waals surface area contributed by atoms with Gasteiger partial charge in [0.25, 0.3) is 7.52 Å². The molecule has 1 aromatic carbocycles. The Labute approximate surface area is 242 Å². The summed E-state index contributed by atoms with van der Waals surface area (Å²) in [6.07, 6.45) is -2.95. The number of nitrogens with one attached hydrogen (secondary N) is 2. The van der Waals surface area contributed by atoms with Crippen LogP contribution in [0.5, 0.6) is 0 Å². The van der Waals surface area contributed by atoms with Crippen molar-refractivity contribution in [3.63, 3.8) is 0 Å². The van der Waals surface area contributed by atoms with Crippen LogP contribution in [0.25, 0.3) is 11.2 Å². The number of hydrogen-bond acceptors (Lipinski definition) is 10. The molecule has 1 aliphatic heterocycles. The van der Waals surface area contributed by atoms with Gasteiger partial charge in [-0.05, 0) is 37.9 Å². The highest BCUT2D eigenvalue weighted by molar-refractivity contribution is 7.56. The monoisotopic (exact) mass is 612 g/mol. The number of aromatic nitrogens is 4. The topological polar surface area (TPSA) is 150 Å². The lowest BCUT2D eigenvalue weighted by molar-refractivity contribution is -0.149. The van der Waals surface area contributed by atoms with Crippen LogP contribution in [0.2, 0.25) is 5.28 Å². The summed E-state index contributed by atoms with van der Waals surface area (Å²) in [5.74, 6) is -0.221. The molecule has 1 aliphatic rings. The smallest absolute Gasteiger partial charge is 0.323 e. The lowest BCUT2D eigenvalue weighted by Gasteiger charge is -2.30. The summed E-state index contributed by atoms with van der Waals surface area (Å²) in [4.78, 5) is 25.0. The van der Waals surface area contributed by atoms with Crippen LogP contribution in [0.15, 0.2) is 36.7 Å². The largest absolute Gasteiger partial charge is 0.462 e. The van der Waals surface area contributed by atoms with E-state index in [2.05, 4.69) is 25.4 Å². The van der Waals surface area contributed by atoms with Gasteiger partial charge in [-0.1, -0.05) is 37.3 Å². The molecule has 6 atom stereocenters. The third-order valence-electron chi connectivity index (χ3n) is 6.84. The van der Waals surface area contributed by atoms with Gasteiger partial charge in [0.05, 0.1) is 37.2 Å². The van der Waals surface area contributed by atoms with Crippen LogP contribution in [0.4, 0.5) is 10.2 Å². The Morgan fingerprint density at radius 3 is 2.66 bits per heavy atom. The second-order valence-electron chi connectivity index (χ2n) is 10.6. The fraction of sp³-hybridized carbons (Fsp3) is 0.538. The molecule has 1 saturated heterocycles. The molecule has 0 aliphatic carbocycles. The first kappa shape index (κ1) is 31.3. The van der Waals surface area contributed by atoms with E-state index in [1.165, 1.54) is 31.4 Å². The standard InChI is InChI=1S/C26H35ClFN6O6P/c1-15(2)39-24(36)16(3)33-41(5,37)38-12-18-26(4,13-35)20(28)23(40-18)34-14-30-19-21(31-25(27)32-22(19)34)29-11-17-9-7-6-8-10-17/h6-10,14-16,18,20,23,35H,11-13H2,1-5H3,(H,33,37)(H,29,31,32)/t16-,18+,20?,23+,26-,41?/m0/s1. The van der Waals surface area contributed by atoms with E-state index in [9.17, 15) is 14.5 Å². The number of hydrogen-bond donors (Lipinski definition) is 3. The number of aliphatic hydroxyl groups is 1. The quantitative estimate of drug-likeness (QED) is 0.154. The van der Waals surface area contributed by atoms with Crippen LogP contribution in [0, 0.1) is 5.41 Å². The Morgan fingerprint density at radius 1 is 1.29 bits per heavy atom. The maximum absolute atomic E-state index is 16.0. The predicted octanol–water partition coefficient (Wildman–Crippen LogP) is 4.10. The van der Waals surface area contributed by atoms with Crippen molar-refractivity contribution in [2.24, 2.45) is 5.41 Å². The van der Waals surface area contributed by atoms with Gasteiger partial charge in [0.2, 0.25) is 5.28 Å². The predicted molar refractivity (Wildman–Crippen MR) is 151 cm³/mol. The van der Waals surface area contributed by atoms with Crippen molar-refractivity contribution in [1.29, 1.82) is 0 Å². The van der Waals surface area contributed by atoms with Gasteiger partial charge in [-0.3, -0.25) is 13.9 Å². The van der Waals surface area contributed by atoms with Gasteiger partial charge in [0.1, 0.15) is 6.04 Å². The molecule has 0 spiro atoms. The Kier molecular flexibility index (Phi) is 9.67. The molecule has 224 valence electrons. The minimum atomic E-state index is -3.55. The molecular formula is C26H35ClFN6O6P. The van der Waals surface area contributed by atoms with Crippen LogP contribution in [-0.2, 0) is 29.9 Å². The molecule has 41 heavy (non-hydrogen) atoms. The van der Waals surface area contributed by atoms with Crippen molar-refractivity contribution in [3.8, 4) is 0 Å². The first-order valence-corrected chi connectivity index (χ1v) is 15.6. The highest BCUT2D eigenvalue weighted by Crippen LogP contribution is 2.48. The van der Waals surface area contributed by atoms with Gasteiger partial charge in [-0.15, -0.1) is 0 Å². The number of imidazole rings is 1. The summed E-state index contributed by atoms with van der Waals surface area (Å²) < 4.78 is 47.2. The highest BCUT2D eigenvalue weighted by Gasteiger charge is 2.55. The van der Waals surface area contributed by atoms with Crippen LogP contribution >= 0.6 is 19.1 Å². The Hall–Kier alpha value is -2.67. The number of anilines is 1. The highest BCUT2D eigenvalue weighted by atomic mass is 35.5. The molecule has 1 fully saturated rings. The fourth-order valence-electron chi connectivity index (χ4n) is 4.49. The zero-order chi connectivity index (χ0) is 29.9. The number of benzene rings is 1. The van der Waals surface area contributed by atoms with Gasteiger partial charge < -0.3 is 24.4 Å². The maximum atomic E-state index is 16.0. The van der Waals surface area contributed by atoms with Crippen molar-refractivity contribution >= 4 is 42.1 Å². The van der Waals surface area contributed by atoms with Crippen molar-refractivity contribution in [2.75, 3.05) is 25.2 Å². The van der Waals surface area contributed by atoms with Crippen LogP contribution in [0.3, 0.4) is 0 Å². The molecule has 3 heterocycles. The normalized spacial score (nSPS) is 24.9. The van der Waals surface area contributed by atoms with Gasteiger partial charge in [0, 0.05) is 13.2 Å². The first-order valence-electron chi connectivity index (χ1n) is 13.1. The molecule has 0 radical (unpaired) electrons. The van der Waals surface area contributed by atoms with E-state index < -0.39 is 50.1 Å². The SMILES string of the molecule is CC(C)OC(=O)[C@H](C)NP(C)(=O)OC[C@H]1O[C@@H](n2cnc3c(NCc4ccccc4)nc(Cl)nc32)C(F)[C@@]1(C)CO. The Balaban J connectivity index is 1.52. The van der Waals surface area contributed by atoms with Crippen molar-refractivity contribution in [1.82, 2.24) is 24.6 Å². The zero-order valence-electron chi connectivity index (χ0n) is 23.5. The number of esters is 1. The average molecular weight is 613 g/mol. The van der Waals surface area contributed by atoms with E-state index in [0.29, 0.717) is 17.9 Å². The molecule has 0 bridgehead atoms. The minimum Gasteiger partial charge on any atom is -0.462 e. The second-order valence-corrected chi connectivity index (χ2v) is 13.1. The molecule has 0 saturated carbocycles. The molecule has 2 unspecified atom stereocenters. The van der Waals surface area contributed by atoms with Crippen LogP contribution in [-0.4, -0.2) is 74.9 Å². The molecule has 0 amide bonds. The van der Waals surface area contributed by atoms with E-state index in [4.69, 9.17) is 25.6 Å². The average Bonchev–Trinajstić information content (AvgIpc) is 3.44. The maximum Gasteiger partial charge on any atom is 0.323 e. The summed E-state index contributed by atoms with van der Waals surface area (Å²) in [5.41, 5.74) is 0.175. The molecule has 12 nitrogen and oxygen atoms in total. The Morgan fingerprint density at radius 2 is 2.00 bits per heavy atom. The molecule has 2 aromatic heterocycles. The summed E-state index contributed by atoms with van der Waals surface area (Å²) in [6, 6.07) is 8.74. The number of carbonyl (C=O) groups is 1. The third kappa shape index (κ3) is 7.04. The summed E-state index contributed by atoms with van der Waals surface area (Å²) >= 11 is 6.21. The van der Waals surface area contributed by atoms with E-state index in [1.54, 1.807) is 13.8 Å². The fourth-order valence-corrected chi connectivity index (χ4v) is 5.96. The minimum absolute atomic E-state index is 0.0730. The molecule has 3 aromatic rings. The summed E-state index contributed by atoms with van der Waals surface area (Å²) in [5, 5.41) is 15.9. The van der Waals surface area contributed by atoms with Gasteiger partial charge in [0.15, 0.2) is 29.4 Å². The summed E-state index contributed by atoms with van der Waals surface area (Å²) in [7, 11) is -3.55. The third-order valence-corrected chi connectivity index (χ3v) is 8.50. The number of ether oxygens (including phenoxy) is 2. The van der Waals surface area contributed by atoms with E-state index in [1.807, 2.05) is 30.3 Å². The lowest BCUT2D eigenvalue weighted by atomic mass is 9.82. The molecular weight excluding hydrogens is 578 g/mol. The number of aliphatic hydroxyl groups excluding tert-OH is 1. The number of nitrogens with zero attached hydrogens (tertiary/aromatic N) is 4. The van der Waals surface area contributed by atoms with E-state index in [0.717, 1.165) is 5.56 Å². The Bertz CT molecular complexity index is 1410. The first-order chi connectivity index (χ1) is 19.3. The number of fused-ring (bicyclic) bond motifs is 1. The van der Waals surface area contributed by atoms with Crippen molar-refractivity contribution < 1.29 is 32.9 Å². The molecule has 15 heteroatoms. The molecule has 4 rings (SSSR count). The van der Waals surface area contributed by atoms with Gasteiger partial charge in [-0.25, -0.2) is 14.5 Å². The van der Waals surface area contributed by atoms with Gasteiger partial charge >= 0.3 is 5.97 Å². The van der Waals surface area contributed by atoms with E-state index >= 15 is 4.39 Å². The number of alkyl halides is 1. The number of halogens is 2. The van der Waals surface area contributed by atoms with Crippen LogP contribution in [0.1, 0.15) is 39.5 Å². The second kappa shape index (κ2) is 12.7. The van der Waals surface area contributed by atoms with Crippen molar-refractivity contribution in [3.05, 3.63) is 47.5 Å².